The first-order valence-corrected chi connectivity index (χ1v) is 7.03. The zero-order valence-corrected chi connectivity index (χ0v) is 12.7. The maximum absolute atomic E-state index is 5.43. The lowest BCUT2D eigenvalue weighted by molar-refractivity contribution is 1.04. The lowest BCUT2D eigenvalue weighted by Gasteiger charge is -2.11. The second-order valence-corrected chi connectivity index (χ2v) is 4.97. The number of hydrogen-bond donors (Lipinski definition) is 3. The normalized spacial score (nSPS) is 10.8. The van der Waals surface area contributed by atoms with Gasteiger partial charge in [-0.3, -0.25) is 5.43 Å². The van der Waals surface area contributed by atoms with Gasteiger partial charge in [0, 0.05) is 11.3 Å². The van der Waals surface area contributed by atoms with E-state index in [9.17, 15) is 0 Å². The van der Waals surface area contributed by atoms with Crippen molar-refractivity contribution in [1.29, 1.82) is 0 Å². The Bertz CT molecular complexity index is 654. The Morgan fingerprint density at radius 3 is 2.05 bits per heavy atom. The molecule has 0 radical (unpaired) electrons. The summed E-state index contributed by atoms with van der Waals surface area (Å²) >= 11 is 10.2. The molecule has 6 heteroatoms. The first-order chi connectivity index (χ1) is 10.2. The number of para-hydroxylation sites is 1. The van der Waals surface area contributed by atoms with Crippen LogP contribution in [0.5, 0.6) is 0 Å². The molecule has 2 aromatic rings. The number of thiocarbonyl (C=S) groups is 2. The molecule has 0 bridgehead atoms. The summed E-state index contributed by atoms with van der Waals surface area (Å²) in [4.78, 5) is 0.483. The zero-order chi connectivity index (χ0) is 15.1. The van der Waals surface area contributed by atoms with E-state index >= 15 is 0 Å². The second kappa shape index (κ2) is 7.47. The number of rotatable bonds is 4. The summed E-state index contributed by atoms with van der Waals surface area (Å²) in [7, 11) is 0. The summed E-state index contributed by atoms with van der Waals surface area (Å²) in [5.41, 5.74) is 10.3. The molecule has 0 atom stereocenters. The van der Waals surface area contributed by atoms with Crippen molar-refractivity contribution >= 4 is 45.9 Å². The van der Waals surface area contributed by atoms with Crippen LogP contribution in [0.2, 0.25) is 0 Å². The molecule has 0 amide bonds. The number of hydrogen-bond acceptors (Lipinski definition) is 3. The zero-order valence-electron chi connectivity index (χ0n) is 11.1. The molecule has 0 fully saturated rings. The van der Waals surface area contributed by atoms with Gasteiger partial charge in [0.15, 0.2) is 5.11 Å². The maximum atomic E-state index is 5.43. The Labute approximate surface area is 134 Å². The summed E-state index contributed by atoms with van der Waals surface area (Å²) < 4.78 is 0. The summed E-state index contributed by atoms with van der Waals surface area (Å²) in [6.07, 6.45) is 0. The third kappa shape index (κ3) is 4.62. The van der Waals surface area contributed by atoms with Crippen molar-refractivity contribution in [2.45, 2.75) is 0 Å². The molecule has 21 heavy (non-hydrogen) atoms. The highest BCUT2D eigenvalue weighted by Gasteiger charge is 2.10. The van der Waals surface area contributed by atoms with Crippen LogP contribution in [0.15, 0.2) is 65.8 Å². The van der Waals surface area contributed by atoms with E-state index in [0.29, 0.717) is 10.7 Å². The molecule has 0 aliphatic heterocycles. The van der Waals surface area contributed by atoms with Crippen LogP contribution in [0.25, 0.3) is 0 Å². The van der Waals surface area contributed by atoms with Gasteiger partial charge < -0.3 is 11.1 Å². The molecule has 0 heterocycles. The molecule has 0 spiro atoms. The lowest BCUT2D eigenvalue weighted by atomic mass is 10.1. The minimum absolute atomic E-state index is 0.0888. The molecule has 2 rings (SSSR count). The number of nitrogens with one attached hydrogen (secondary N) is 2. The smallest absolute Gasteiger partial charge is 0.184 e. The predicted octanol–water partition coefficient (Wildman–Crippen LogP) is 2.66. The van der Waals surface area contributed by atoms with Gasteiger partial charge in [0.25, 0.3) is 0 Å². The molecule has 0 aliphatic carbocycles. The second-order valence-electron chi connectivity index (χ2n) is 4.12. The Morgan fingerprint density at radius 1 is 0.905 bits per heavy atom. The van der Waals surface area contributed by atoms with Crippen molar-refractivity contribution in [3.05, 3.63) is 66.2 Å². The van der Waals surface area contributed by atoms with E-state index in [1.54, 1.807) is 0 Å². The minimum Gasteiger partial charge on any atom is -0.375 e. The van der Waals surface area contributed by atoms with Crippen LogP contribution in [0.1, 0.15) is 5.56 Å². The minimum atomic E-state index is 0.0888. The average Bonchev–Trinajstić information content (AvgIpc) is 2.49. The number of nitrogens with zero attached hydrogens (tertiary/aromatic N) is 1. The highest BCUT2D eigenvalue weighted by Crippen LogP contribution is 2.09. The van der Waals surface area contributed by atoms with Crippen LogP contribution < -0.4 is 16.5 Å². The number of nitrogens with two attached hydrogens (primary N) is 1. The molecule has 2 aromatic carbocycles. The Balaban J connectivity index is 2.25. The van der Waals surface area contributed by atoms with Crippen molar-refractivity contribution in [3.8, 4) is 0 Å². The standard InChI is InChI=1S/C15H14N4S2/c16-15(21)19-18-13(11-7-3-1-4-8-11)14(20)17-12-9-5-2-6-10-12/h1-10H,(H,17,20)(H3,16,19,21)/b18-13+. The van der Waals surface area contributed by atoms with E-state index in [-0.39, 0.29) is 5.11 Å². The largest absolute Gasteiger partial charge is 0.375 e. The van der Waals surface area contributed by atoms with Gasteiger partial charge in [-0.1, -0.05) is 60.7 Å². The van der Waals surface area contributed by atoms with Crippen molar-refractivity contribution in [3.63, 3.8) is 0 Å². The molecule has 0 aliphatic rings. The topological polar surface area (TPSA) is 62.4 Å². The first kappa shape index (κ1) is 15.1. The van der Waals surface area contributed by atoms with E-state index in [4.69, 9.17) is 30.2 Å². The van der Waals surface area contributed by atoms with Gasteiger partial charge in [-0.15, -0.1) is 0 Å². The fourth-order valence-corrected chi connectivity index (χ4v) is 1.99. The van der Waals surface area contributed by atoms with Crippen LogP contribution in [-0.2, 0) is 0 Å². The number of anilines is 1. The Morgan fingerprint density at radius 2 is 1.48 bits per heavy atom. The van der Waals surface area contributed by atoms with Crippen LogP contribution >= 0.6 is 24.4 Å². The van der Waals surface area contributed by atoms with Gasteiger partial charge >= 0.3 is 0 Å². The van der Waals surface area contributed by atoms with Crippen molar-refractivity contribution in [2.24, 2.45) is 10.8 Å². The Kier molecular flexibility index (Phi) is 5.36. The first-order valence-electron chi connectivity index (χ1n) is 6.22. The average molecular weight is 314 g/mol. The summed E-state index contributed by atoms with van der Waals surface area (Å²) in [6.45, 7) is 0. The predicted molar refractivity (Wildman–Crippen MR) is 95.6 cm³/mol. The molecule has 106 valence electrons. The van der Waals surface area contributed by atoms with Gasteiger partial charge in [-0.05, 0) is 24.4 Å². The van der Waals surface area contributed by atoms with E-state index < -0.39 is 0 Å². The summed E-state index contributed by atoms with van der Waals surface area (Å²) in [6, 6.07) is 19.2. The van der Waals surface area contributed by atoms with Gasteiger partial charge in [0.1, 0.15) is 10.7 Å². The van der Waals surface area contributed by atoms with Gasteiger partial charge in [-0.25, -0.2) is 0 Å². The molecule has 0 aromatic heterocycles. The maximum Gasteiger partial charge on any atom is 0.184 e. The van der Waals surface area contributed by atoms with E-state index in [1.807, 2.05) is 60.7 Å². The molecule has 0 saturated heterocycles. The van der Waals surface area contributed by atoms with Gasteiger partial charge in [0.2, 0.25) is 0 Å². The highest BCUT2D eigenvalue weighted by atomic mass is 32.1. The number of hydrazone groups is 1. The quantitative estimate of drug-likeness (QED) is 0.460. The summed E-state index contributed by atoms with van der Waals surface area (Å²) in [5, 5.41) is 7.42. The van der Waals surface area contributed by atoms with Crippen LogP contribution in [0, 0.1) is 0 Å². The van der Waals surface area contributed by atoms with Crippen LogP contribution in [-0.4, -0.2) is 15.8 Å². The fourth-order valence-electron chi connectivity index (χ4n) is 1.67. The van der Waals surface area contributed by atoms with Gasteiger partial charge in [0.05, 0.1) is 0 Å². The van der Waals surface area contributed by atoms with E-state index in [2.05, 4.69) is 15.8 Å². The van der Waals surface area contributed by atoms with Crippen molar-refractivity contribution in [2.75, 3.05) is 5.32 Å². The molecular formula is C15H14N4S2. The van der Waals surface area contributed by atoms with Crippen molar-refractivity contribution < 1.29 is 0 Å². The molecule has 0 saturated carbocycles. The van der Waals surface area contributed by atoms with Crippen LogP contribution in [0.4, 0.5) is 5.69 Å². The Hall–Kier alpha value is -2.31. The molecule has 4 nitrogen and oxygen atoms in total. The SMILES string of the molecule is NC(=S)N/N=C(/C(=S)Nc1ccccc1)c1ccccc1. The molecule has 4 N–H and O–H groups in total. The fraction of sp³-hybridized carbons (Fsp3) is 0. The van der Waals surface area contributed by atoms with Crippen molar-refractivity contribution in [1.82, 2.24) is 5.43 Å². The monoisotopic (exact) mass is 314 g/mol. The molecular weight excluding hydrogens is 300 g/mol. The van der Waals surface area contributed by atoms with E-state index in [1.165, 1.54) is 0 Å². The summed E-state index contributed by atoms with van der Waals surface area (Å²) in [5.74, 6) is 0. The molecule has 0 unspecified atom stereocenters. The lowest BCUT2D eigenvalue weighted by Crippen LogP contribution is -2.29. The third-order valence-electron chi connectivity index (χ3n) is 2.57. The highest BCUT2D eigenvalue weighted by molar-refractivity contribution is 7.82. The van der Waals surface area contributed by atoms with Crippen LogP contribution in [0.3, 0.4) is 0 Å². The number of benzene rings is 2. The van der Waals surface area contributed by atoms with Gasteiger partial charge in [-0.2, -0.15) is 5.10 Å². The third-order valence-corrected chi connectivity index (χ3v) is 2.96. The van der Waals surface area contributed by atoms with E-state index in [0.717, 1.165) is 11.3 Å².